The number of nitrogens with one attached hydrogen (secondary N) is 1. The first-order valence-corrected chi connectivity index (χ1v) is 12.4. The summed E-state index contributed by atoms with van der Waals surface area (Å²) in [6.45, 7) is 3.74. The molecule has 2 aromatic rings. The van der Waals surface area contributed by atoms with Gasteiger partial charge in [0, 0.05) is 30.7 Å². The number of rotatable bonds is 6. The number of hydrogen-bond donors (Lipinski definition) is 1. The monoisotopic (exact) mass is 530 g/mol. The lowest BCUT2D eigenvalue weighted by molar-refractivity contribution is 0.0595. The summed E-state index contributed by atoms with van der Waals surface area (Å²) >= 11 is 11.1. The van der Waals surface area contributed by atoms with Crippen LogP contribution in [0.2, 0.25) is 5.02 Å². The summed E-state index contributed by atoms with van der Waals surface area (Å²) in [5.74, 6) is 0.179. The van der Waals surface area contributed by atoms with E-state index in [4.69, 9.17) is 16.3 Å². The summed E-state index contributed by atoms with van der Waals surface area (Å²) in [4.78, 5) is 13.4. The fraction of sp³-hybridized carbons (Fsp3) is 0.524. The zero-order valence-corrected chi connectivity index (χ0v) is 20.2. The van der Waals surface area contributed by atoms with Gasteiger partial charge in [-0.3, -0.25) is 4.79 Å². The first kappa shape index (κ1) is 23.0. The van der Waals surface area contributed by atoms with Gasteiger partial charge in [0.25, 0.3) is 5.56 Å². The predicted octanol–water partition coefficient (Wildman–Crippen LogP) is 4.98. The molecule has 1 aromatic carbocycles. The molecule has 6 nitrogen and oxygen atoms in total. The van der Waals surface area contributed by atoms with E-state index in [1.165, 1.54) is 22.7 Å². The van der Waals surface area contributed by atoms with Gasteiger partial charge in [0.05, 0.1) is 29.4 Å². The Bertz CT molecular complexity index is 965. The van der Waals surface area contributed by atoms with E-state index < -0.39 is 0 Å². The SMILES string of the molecule is O=c1c(Cl)c(NC[C@@H]2CCCOC2)cnn1C1CCN(Sc2ccc(Br)cc2F)CC1. The Balaban J connectivity index is 1.34. The van der Waals surface area contributed by atoms with Crippen LogP contribution in [0, 0.1) is 11.7 Å². The molecule has 0 amide bonds. The van der Waals surface area contributed by atoms with Gasteiger partial charge in [-0.25, -0.2) is 13.4 Å². The highest BCUT2D eigenvalue weighted by Crippen LogP contribution is 2.32. The van der Waals surface area contributed by atoms with E-state index in [0.717, 1.165) is 56.5 Å². The number of aromatic nitrogens is 2. The summed E-state index contributed by atoms with van der Waals surface area (Å²) in [7, 11) is 0. The second-order valence-electron chi connectivity index (χ2n) is 7.91. The van der Waals surface area contributed by atoms with Crippen LogP contribution in [-0.2, 0) is 4.74 Å². The van der Waals surface area contributed by atoms with E-state index in [9.17, 15) is 9.18 Å². The Hall–Kier alpha value is -1.13. The number of hydrogen-bond acceptors (Lipinski definition) is 6. The van der Waals surface area contributed by atoms with Crippen LogP contribution in [0.4, 0.5) is 10.1 Å². The van der Waals surface area contributed by atoms with E-state index in [-0.39, 0.29) is 22.4 Å². The lowest BCUT2D eigenvalue weighted by atomic mass is 10.0. The van der Waals surface area contributed by atoms with Crippen molar-refractivity contribution in [2.24, 2.45) is 5.92 Å². The van der Waals surface area contributed by atoms with Crippen molar-refractivity contribution in [2.45, 2.75) is 36.6 Å². The largest absolute Gasteiger partial charge is 0.382 e. The highest BCUT2D eigenvalue weighted by molar-refractivity contribution is 9.10. The van der Waals surface area contributed by atoms with Crippen molar-refractivity contribution in [2.75, 3.05) is 38.2 Å². The van der Waals surface area contributed by atoms with E-state index in [1.807, 2.05) is 6.07 Å². The van der Waals surface area contributed by atoms with Crippen LogP contribution in [0.3, 0.4) is 0 Å². The molecule has 0 unspecified atom stereocenters. The van der Waals surface area contributed by atoms with E-state index >= 15 is 0 Å². The number of anilines is 1. The van der Waals surface area contributed by atoms with Gasteiger partial charge in [-0.2, -0.15) is 5.10 Å². The molecule has 168 valence electrons. The highest BCUT2D eigenvalue weighted by Gasteiger charge is 2.25. The Morgan fingerprint density at radius 2 is 2.13 bits per heavy atom. The Kier molecular flexibility index (Phi) is 7.92. The molecule has 0 bridgehead atoms. The van der Waals surface area contributed by atoms with Crippen molar-refractivity contribution < 1.29 is 9.13 Å². The molecule has 10 heteroatoms. The molecule has 3 heterocycles. The maximum Gasteiger partial charge on any atom is 0.287 e. The zero-order chi connectivity index (χ0) is 21.8. The predicted molar refractivity (Wildman–Crippen MR) is 125 cm³/mol. The maximum absolute atomic E-state index is 14.1. The van der Waals surface area contributed by atoms with Crippen LogP contribution < -0.4 is 10.9 Å². The molecule has 0 saturated carbocycles. The minimum absolute atomic E-state index is 0.0163. The van der Waals surface area contributed by atoms with Gasteiger partial charge in [0.15, 0.2) is 0 Å². The Morgan fingerprint density at radius 3 is 2.84 bits per heavy atom. The van der Waals surface area contributed by atoms with Crippen molar-refractivity contribution >= 4 is 45.2 Å². The Morgan fingerprint density at radius 1 is 1.32 bits per heavy atom. The van der Waals surface area contributed by atoms with Crippen LogP contribution in [0.1, 0.15) is 31.7 Å². The minimum Gasteiger partial charge on any atom is -0.382 e. The summed E-state index contributed by atoms with van der Waals surface area (Å²) in [6, 6.07) is 5.06. The standard InChI is InChI=1S/C21H25BrClFN4O2S/c22-15-3-4-19(17(24)10-15)31-27-7-5-16(6-8-27)28-21(29)20(23)18(12-26-28)25-11-14-2-1-9-30-13-14/h3-4,10,12,14,16,25H,1-2,5-9,11,13H2/t14-/m0/s1. The van der Waals surface area contributed by atoms with Gasteiger partial charge in [-0.05, 0) is 61.7 Å². The smallest absolute Gasteiger partial charge is 0.287 e. The van der Waals surface area contributed by atoms with Gasteiger partial charge < -0.3 is 10.1 Å². The zero-order valence-electron chi connectivity index (χ0n) is 17.0. The van der Waals surface area contributed by atoms with Crippen molar-refractivity contribution in [3.05, 3.63) is 50.1 Å². The van der Waals surface area contributed by atoms with E-state index in [2.05, 4.69) is 30.7 Å². The molecule has 2 saturated heterocycles. The number of piperidine rings is 1. The van der Waals surface area contributed by atoms with Crippen LogP contribution in [0.15, 0.2) is 38.6 Å². The third-order valence-corrected chi connectivity index (χ3v) is 7.68. The number of benzene rings is 1. The third kappa shape index (κ3) is 5.82. The second-order valence-corrected chi connectivity index (χ2v) is 10.3. The lowest BCUT2D eigenvalue weighted by Crippen LogP contribution is -2.36. The molecule has 2 aliphatic rings. The molecule has 1 atom stereocenters. The van der Waals surface area contributed by atoms with E-state index in [0.29, 0.717) is 23.0 Å². The summed E-state index contributed by atoms with van der Waals surface area (Å²) in [5, 5.41) is 7.83. The maximum atomic E-state index is 14.1. The second kappa shape index (κ2) is 10.7. The van der Waals surface area contributed by atoms with Crippen molar-refractivity contribution in [3.63, 3.8) is 0 Å². The fourth-order valence-electron chi connectivity index (χ4n) is 3.92. The van der Waals surface area contributed by atoms with Crippen molar-refractivity contribution in [1.82, 2.24) is 14.1 Å². The molecule has 2 aliphatic heterocycles. The van der Waals surface area contributed by atoms with Crippen LogP contribution in [0.25, 0.3) is 0 Å². The first-order chi connectivity index (χ1) is 15.0. The first-order valence-electron chi connectivity index (χ1n) is 10.5. The van der Waals surface area contributed by atoms with Gasteiger partial charge in [-0.15, -0.1) is 0 Å². The normalized spacial score (nSPS) is 20.7. The molecule has 0 aliphatic carbocycles. The highest BCUT2D eigenvalue weighted by atomic mass is 79.9. The number of nitrogens with zero attached hydrogens (tertiary/aromatic N) is 3. The lowest BCUT2D eigenvalue weighted by Gasteiger charge is -2.31. The molecule has 4 rings (SSSR count). The third-order valence-electron chi connectivity index (χ3n) is 5.67. The van der Waals surface area contributed by atoms with Crippen LogP contribution in [-0.4, -0.2) is 46.9 Å². The summed E-state index contributed by atoms with van der Waals surface area (Å²) in [6.07, 6.45) is 5.31. The van der Waals surface area contributed by atoms with Gasteiger partial charge in [0.2, 0.25) is 0 Å². The average molecular weight is 532 g/mol. The van der Waals surface area contributed by atoms with Gasteiger partial charge in [-0.1, -0.05) is 27.5 Å². The topological polar surface area (TPSA) is 59.4 Å². The molecule has 1 N–H and O–H groups in total. The molecular formula is C21H25BrClFN4O2S. The molecule has 31 heavy (non-hydrogen) atoms. The molecule has 0 spiro atoms. The number of ether oxygens (including phenoxy) is 1. The van der Waals surface area contributed by atoms with E-state index in [1.54, 1.807) is 12.3 Å². The van der Waals surface area contributed by atoms with Gasteiger partial charge >= 0.3 is 0 Å². The summed E-state index contributed by atoms with van der Waals surface area (Å²) < 4.78 is 23.9. The summed E-state index contributed by atoms with van der Waals surface area (Å²) in [5.41, 5.74) is 0.309. The van der Waals surface area contributed by atoms with Gasteiger partial charge in [0.1, 0.15) is 10.8 Å². The van der Waals surface area contributed by atoms with Crippen LogP contribution >= 0.6 is 39.5 Å². The number of halogens is 3. The Labute approximate surface area is 198 Å². The molecule has 2 fully saturated rings. The average Bonchev–Trinajstić information content (AvgIpc) is 2.78. The minimum atomic E-state index is -0.267. The quantitative estimate of drug-likeness (QED) is 0.531. The molecule has 0 radical (unpaired) electrons. The molecule has 1 aromatic heterocycles. The van der Waals surface area contributed by atoms with Crippen molar-refractivity contribution in [1.29, 1.82) is 0 Å². The van der Waals surface area contributed by atoms with Crippen LogP contribution in [0.5, 0.6) is 0 Å². The fourth-order valence-corrected chi connectivity index (χ4v) is 5.40. The molecular weight excluding hydrogens is 507 g/mol. The van der Waals surface area contributed by atoms with Crippen molar-refractivity contribution in [3.8, 4) is 0 Å².